The molecule has 0 aliphatic carbocycles. The molecule has 4 heteroatoms. The van der Waals surface area contributed by atoms with Crippen LogP contribution in [-0.4, -0.2) is 19.6 Å². The quantitative estimate of drug-likeness (QED) is 0.786. The second kappa shape index (κ2) is 6.25. The lowest BCUT2D eigenvalue weighted by molar-refractivity contribution is -0.121. The third kappa shape index (κ3) is 3.75. The highest BCUT2D eigenvalue weighted by molar-refractivity contribution is 5.76. The van der Waals surface area contributed by atoms with Gasteiger partial charge in [0.15, 0.2) is 0 Å². The minimum Gasteiger partial charge on any atom is -0.496 e. The summed E-state index contributed by atoms with van der Waals surface area (Å²) in [6.07, 6.45) is 0. The van der Waals surface area contributed by atoms with E-state index in [1.807, 2.05) is 38.1 Å². The number of methoxy groups -OCH3 is 1. The third-order valence-electron chi connectivity index (χ3n) is 2.82. The number of carbonyl (C=O) groups is 1. The second-order valence-electron chi connectivity index (χ2n) is 4.18. The highest BCUT2D eigenvalue weighted by Gasteiger charge is 2.13. The molecule has 3 N–H and O–H groups in total. The van der Waals surface area contributed by atoms with E-state index in [9.17, 15) is 4.79 Å². The predicted octanol–water partition coefficient (Wildman–Crippen LogP) is 1.47. The topological polar surface area (TPSA) is 64.3 Å². The van der Waals surface area contributed by atoms with E-state index in [1.54, 1.807) is 7.11 Å². The van der Waals surface area contributed by atoms with Gasteiger partial charge in [-0.25, -0.2) is 0 Å². The Bertz CT molecular complexity index is 379. The summed E-state index contributed by atoms with van der Waals surface area (Å²) >= 11 is 0. The Morgan fingerprint density at radius 1 is 1.41 bits per heavy atom. The molecule has 0 bridgehead atoms. The van der Waals surface area contributed by atoms with Crippen LogP contribution in [-0.2, 0) is 4.79 Å². The van der Waals surface area contributed by atoms with Crippen LogP contribution in [0.25, 0.3) is 0 Å². The summed E-state index contributed by atoms with van der Waals surface area (Å²) in [4.78, 5) is 10.9. The normalized spacial score (nSPS) is 14.1. The number of nitrogens with two attached hydrogens (primary N) is 1. The smallest absolute Gasteiger partial charge is 0.221 e. The number of hydrogen-bond acceptors (Lipinski definition) is 3. The fourth-order valence-corrected chi connectivity index (χ4v) is 1.59. The molecule has 1 amide bonds. The van der Waals surface area contributed by atoms with Crippen LogP contribution in [0.2, 0.25) is 0 Å². The van der Waals surface area contributed by atoms with Crippen LogP contribution in [0.1, 0.15) is 25.5 Å². The lowest BCUT2D eigenvalue weighted by Gasteiger charge is -2.18. The van der Waals surface area contributed by atoms with Crippen LogP contribution in [0, 0.1) is 5.92 Å². The molecule has 0 aliphatic heterocycles. The Balaban J connectivity index is 2.63. The first kappa shape index (κ1) is 13.5. The zero-order valence-electron chi connectivity index (χ0n) is 10.6. The van der Waals surface area contributed by atoms with Gasteiger partial charge >= 0.3 is 0 Å². The van der Waals surface area contributed by atoms with Gasteiger partial charge < -0.3 is 15.8 Å². The summed E-state index contributed by atoms with van der Waals surface area (Å²) in [6.45, 7) is 4.41. The maximum Gasteiger partial charge on any atom is 0.221 e. The number of amides is 1. The van der Waals surface area contributed by atoms with Crippen molar-refractivity contribution in [2.75, 3.05) is 13.7 Å². The highest BCUT2D eigenvalue weighted by atomic mass is 16.5. The molecule has 0 saturated carbocycles. The van der Waals surface area contributed by atoms with Gasteiger partial charge in [0.05, 0.1) is 7.11 Å². The van der Waals surface area contributed by atoms with Crippen molar-refractivity contribution in [3.05, 3.63) is 29.8 Å². The molecule has 0 radical (unpaired) electrons. The van der Waals surface area contributed by atoms with Gasteiger partial charge in [-0.05, 0) is 13.0 Å². The summed E-state index contributed by atoms with van der Waals surface area (Å²) in [5, 5.41) is 3.27. The van der Waals surface area contributed by atoms with Crippen molar-refractivity contribution in [3.63, 3.8) is 0 Å². The van der Waals surface area contributed by atoms with Crippen molar-refractivity contribution in [1.82, 2.24) is 5.32 Å². The number of benzene rings is 1. The van der Waals surface area contributed by atoms with Crippen molar-refractivity contribution in [2.24, 2.45) is 11.7 Å². The first-order chi connectivity index (χ1) is 8.06. The lowest BCUT2D eigenvalue weighted by atomic mass is 10.1. The van der Waals surface area contributed by atoms with Gasteiger partial charge in [0.1, 0.15) is 5.75 Å². The van der Waals surface area contributed by atoms with Crippen LogP contribution in [0.4, 0.5) is 0 Å². The van der Waals surface area contributed by atoms with Gasteiger partial charge in [-0.2, -0.15) is 0 Å². The summed E-state index contributed by atoms with van der Waals surface area (Å²) < 4.78 is 5.29. The van der Waals surface area contributed by atoms with Gasteiger partial charge in [0, 0.05) is 24.1 Å². The number of ether oxygens (including phenoxy) is 1. The molecule has 0 saturated heterocycles. The van der Waals surface area contributed by atoms with Crippen LogP contribution >= 0.6 is 0 Å². The summed E-state index contributed by atoms with van der Waals surface area (Å²) in [7, 11) is 1.65. The van der Waals surface area contributed by atoms with E-state index >= 15 is 0 Å². The number of rotatable bonds is 6. The highest BCUT2D eigenvalue weighted by Crippen LogP contribution is 2.24. The van der Waals surface area contributed by atoms with Crippen LogP contribution in [0.5, 0.6) is 5.75 Å². The molecular weight excluding hydrogens is 216 g/mol. The molecule has 17 heavy (non-hydrogen) atoms. The minimum absolute atomic E-state index is 0.118. The van der Waals surface area contributed by atoms with Gasteiger partial charge in [-0.15, -0.1) is 0 Å². The zero-order valence-corrected chi connectivity index (χ0v) is 10.6. The Hall–Kier alpha value is -1.55. The molecule has 1 aromatic carbocycles. The molecule has 0 spiro atoms. The maximum atomic E-state index is 10.9. The molecule has 2 atom stereocenters. The average molecular weight is 236 g/mol. The van der Waals surface area contributed by atoms with E-state index < -0.39 is 0 Å². The van der Waals surface area contributed by atoms with E-state index in [2.05, 4.69) is 5.32 Å². The number of para-hydroxylation sites is 1. The van der Waals surface area contributed by atoms with Crippen molar-refractivity contribution < 1.29 is 9.53 Å². The van der Waals surface area contributed by atoms with E-state index in [4.69, 9.17) is 10.5 Å². The van der Waals surface area contributed by atoms with Crippen LogP contribution < -0.4 is 15.8 Å². The van der Waals surface area contributed by atoms with Crippen molar-refractivity contribution in [1.29, 1.82) is 0 Å². The van der Waals surface area contributed by atoms with Crippen LogP contribution in [0.3, 0.4) is 0 Å². The SMILES string of the molecule is COc1ccccc1[C@H](C)NCC(C)C(N)=O. The molecule has 0 heterocycles. The van der Waals surface area contributed by atoms with E-state index in [1.165, 1.54) is 0 Å². The third-order valence-corrected chi connectivity index (χ3v) is 2.82. The van der Waals surface area contributed by atoms with Crippen molar-refractivity contribution in [2.45, 2.75) is 19.9 Å². The fourth-order valence-electron chi connectivity index (χ4n) is 1.59. The van der Waals surface area contributed by atoms with Gasteiger partial charge in [0.2, 0.25) is 5.91 Å². The molecule has 1 unspecified atom stereocenters. The summed E-state index contributed by atoms with van der Waals surface area (Å²) in [5.74, 6) is 0.385. The Kier molecular flexibility index (Phi) is 4.97. The monoisotopic (exact) mass is 236 g/mol. The Labute approximate surface area is 102 Å². The van der Waals surface area contributed by atoms with Crippen molar-refractivity contribution >= 4 is 5.91 Å². The summed E-state index contributed by atoms with van der Waals surface area (Å²) in [6, 6.07) is 7.94. The molecular formula is C13H20N2O2. The number of nitrogens with one attached hydrogen (secondary N) is 1. The van der Waals surface area contributed by atoms with Gasteiger partial charge in [-0.1, -0.05) is 25.1 Å². The van der Waals surface area contributed by atoms with Crippen molar-refractivity contribution in [3.8, 4) is 5.75 Å². The van der Waals surface area contributed by atoms with Gasteiger partial charge in [-0.3, -0.25) is 4.79 Å². The standard InChI is InChI=1S/C13H20N2O2/c1-9(13(14)16)8-15-10(2)11-6-4-5-7-12(11)17-3/h4-7,9-10,15H,8H2,1-3H3,(H2,14,16)/t9?,10-/m0/s1. The number of carbonyl (C=O) groups excluding carboxylic acids is 1. The maximum absolute atomic E-state index is 10.9. The minimum atomic E-state index is -0.287. The Morgan fingerprint density at radius 3 is 2.65 bits per heavy atom. The molecule has 0 aromatic heterocycles. The van der Waals surface area contributed by atoms with E-state index in [-0.39, 0.29) is 17.9 Å². The van der Waals surface area contributed by atoms with E-state index in [0.717, 1.165) is 11.3 Å². The summed E-state index contributed by atoms with van der Waals surface area (Å²) in [5.41, 5.74) is 6.29. The lowest BCUT2D eigenvalue weighted by Crippen LogP contribution is -2.32. The molecule has 0 aliphatic rings. The van der Waals surface area contributed by atoms with E-state index in [0.29, 0.717) is 6.54 Å². The molecule has 0 fully saturated rings. The van der Waals surface area contributed by atoms with Gasteiger partial charge in [0.25, 0.3) is 0 Å². The number of hydrogen-bond donors (Lipinski definition) is 2. The molecule has 4 nitrogen and oxygen atoms in total. The molecule has 94 valence electrons. The molecule has 1 aromatic rings. The Morgan fingerprint density at radius 2 is 2.06 bits per heavy atom. The number of primary amides is 1. The second-order valence-corrected chi connectivity index (χ2v) is 4.18. The van der Waals surface area contributed by atoms with Crippen LogP contribution in [0.15, 0.2) is 24.3 Å². The largest absolute Gasteiger partial charge is 0.496 e. The first-order valence-corrected chi connectivity index (χ1v) is 5.72. The molecule has 1 rings (SSSR count). The fraction of sp³-hybridized carbons (Fsp3) is 0.462. The zero-order chi connectivity index (χ0) is 12.8. The first-order valence-electron chi connectivity index (χ1n) is 5.72. The predicted molar refractivity (Wildman–Crippen MR) is 67.8 cm³/mol. The average Bonchev–Trinajstić information content (AvgIpc) is 2.35.